The third-order valence-corrected chi connectivity index (χ3v) is 2.39. The zero-order chi connectivity index (χ0) is 12.5. The second-order valence-corrected chi connectivity index (χ2v) is 3.67. The van der Waals surface area contributed by atoms with Crippen LogP contribution in [0.2, 0.25) is 0 Å². The van der Waals surface area contributed by atoms with Gasteiger partial charge in [-0.05, 0) is 31.2 Å². The van der Waals surface area contributed by atoms with Gasteiger partial charge in [0.05, 0.1) is 13.7 Å². The van der Waals surface area contributed by atoms with E-state index in [4.69, 9.17) is 9.47 Å². The van der Waals surface area contributed by atoms with Gasteiger partial charge in [0.2, 0.25) is 0 Å². The highest BCUT2D eigenvalue weighted by Gasteiger charge is 2.05. The van der Waals surface area contributed by atoms with Crippen molar-refractivity contribution in [3.05, 3.63) is 36.4 Å². The average Bonchev–Trinajstić information content (AvgIpc) is 2.37. The van der Waals surface area contributed by atoms with E-state index in [9.17, 15) is 4.79 Å². The van der Waals surface area contributed by atoms with Crippen molar-refractivity contribution < 1.29 is 14.3 Å². The van der Waals surface area contributed by atoms with Gasteiger partial charge in [-0.25, -0.2) is 0 Å². The van der Waals surface area contributed by atoms with Crippen molar-refractivity contribution in [3.8, 4) is 11.5 Å². The Bertz CT molecular complexity index is 354. The van der Waals surface area contributed by atoms with E-state index < -0.39 is 0 Å². The minimum absolute atomic E-state index is 0.139. The molecule has 17 heavy (non-hydrogen) atoms. The topological polar surface area (TPSA) is 35.5 Å². The lowest BCUT2D eigenvalue weighted by molar-refractivity contribution is -0.108. The van der Waals surface area contributed by atoms with Crippen LogP contribution in [0.3, 0.4) is 0 Å². The fourth-order valence-electron chi connectivity index (χ4n) is 1.47. The molecule has 1 atom stereocenters. The number of carbonyl (C=O) groups is 1. The lowest BCUT2D eigenvalue weighted by Crippen LogP contribution is -2.10. The maximum Gasteiger partial charge on any atom is 0.120 e. The quantitative estimate of drug-likeness (QED) is 0.537. The van der Waals surface area contributed by atoms with Crippen LogP contribution in [0, 0.1) is 5.92 Å². The van der Waals surface area contributed by atoms with Crippen LogP contribution in [-0.4, -0.2) is 20.0 Å². The van der Waals surface area contributed by atoms with E-state index in [1.54, 1.807) is 7.11 Å². The first-order chi connectivity index (χ1) is 8.30. The van der Waals surface area contributed by atoms with Crippen LogP contribution < -0.4 is 9.47 Å². The number of benzene rings is 1. The molecule has 0 saturated heterocycles. The lowest BCUT2D eigenvalue weighted by atomic mass is 10.1. The molecule has 92 valence electrons. The number of rotatable bonds is 7. The molecule has 0 fully saturated rings. The molecule has 0 aliphatic carbocycles. The van der Waals surface area contributed by atoms with Gasteiger partial charge in [-0.15, -0.1) is 0 Å². The number of carbonyl (C=O) groups excluding carboxylic acids is 1. The predicted molar refractivity (Wildman–Crippen MR) is 67.5 cm³/mol. The predicted octanol–water partition coefficient (Wildman–Crippen LogP) is 2.86. The van der Waals surface area contributed by atoms with Gasteiger partial charge in [0.15, 0.2) is 0 Å². The Labute approximate surface area is 102 Å². The molecule has 0 unspecified atom stereocenters. The molecule has 3 heteroatoms. The minimum atomic E-state index is 0.139. The lowest BCUT2D eigenvalue weighted by Gasteiger charge is -2.11. The van der Waals surface area contributed by atoms with Crippen molar-refractivity contribution in [1.29, 1.82) is 0 Å². The van der Waals surface area contributed by atoms with Gasteiger partial charge in [-0.2, -0.15) is 0 Å². The van der Waals surface area contributed by atoms with Gasteiger partial charge in [-0.1, -0.05) is 12.2 Å². The summed E-state index contributed by atoms with van der Waals surface area (Å²) in [7, 11) is 1.63. The largest absolute Gasteiger partial charge is 0.497 e. The van der Waals surface area contributed by atoms with E-state index in [-0.39, 0.29) is 5.92 Å². The molecule has 0 bridgehead atoms. The number of methoxy groups -OCH3 is 1. The maximum absolute atomic E-state index is 10.5. The third kappa shape index (κ3) is 4.72. The average molecular weight is 234 g/mol. The van der Waals surface area contributed by atoms with Crippen LogP contribution in [0.4, 0.5) is 0 Å². The number of allylic oxidation sites excluding steroid dienone is 1. The van der Waals surface area contributed by atoms with E-state index in [0.29, 0.717) is 13.0 Å². The summed E-state index contributed by atoms with van der Waals surface area (Å²) < 4.78 is 10.7. The molecule has 0 aliphatic heterocycles. The summed E-state index contributed by atoms with van der Waals surface area (Å²) >= 11 is 0. The Balaban J connectivity index is 2.49. The second kappa shape index (κ2) is 7.49. The van der Waals surface area contributed by atoms with Crippen LogP contribution in [0.15, 0.2) is 36.4 Å². The summed E-state index contributed by atoms with van der Waals surface area (Å²) in [5.74, 6) is 1.72. The molecule has 0 amide bonds. The van der Waals surface area contributed by atoms with Crippen molar-refractivity contribution in [2.75, 3.05) is 13.7 Å². The van der Waals surface area contributed by atoms with Gasteiger partial charge >= 0.3 is 0 Å². The first kappa shape index (κ1) is 13.3. The highest BCUT2D eigenvalue weighted by Crippen LogP contribution is 2.18. The highest BCUT2D eigenvalue weighted by molar-refractivity contribution is 5.50. The first-order valence-electron chi connectivity index (χ1n) is 5.63. The summed E-state index contributed by atoms with van der Waals surface area (Å²) in [6, 6.07) is 7.40. The second-order valence-electron chi connectivity index (χ2n) is 3.67. The van der Waals surface area contributed by atoms with Gasteiger partial charge in [0.25, 0.3) is 0 Å². The van der Waals surface area contributed by atoms with Crippen molar-refractivity contribution >= 4 is 6.29 Å². The fourth-order valence-corrected chi connectivity index (χ4v) is 1.47. The van der Waals surface area contributed by atoms with E-state index in [0.717, 1.165) is 17.8 Å². The number of ether oxygens (including phenoxy) is 2. The zero-order valence-corrected chi connectivity index (χ0v) is 10.3. The molecule has 0 N–H and O–H groups in total. The van der Waals surface area contributed by atoms with Crippen molar-refractivity contribution in [2.45, 2.75) is 13.3 Å². The molecular weight excluding hydrogens is 216 g/mol. The van der Waals surface area contributed by atoms with Crippen LogP contribution in [0.1, 0.15) is 13.3 Å². The zero-order valence-electron chi connectivity index (χ0n) is 10.3. The Kier molecular flexibility index (Phi) is 5.86. The van der Waals surface area contributed by atoms with E-state index in [1.807, 2.05) is 43.3 Å². The van der Waals surface area contributed by atoms with Crippen molar-refractivity contribution in [2.24, 2.45) is 5.92 Å². The molecule has 1 aromatic rings. The molecule has 1 aromatic carbocycles. The van der Waals surface area contributed by atoms with Crippen LogP contribution in [-0.2, 0) is 4.79 Å². The minimum Gasteiger partial charge on any atom is -0.497 e. The van der Waals surface area contributed by atoms with Crippen LogP contribution in [0.25, 0.3) is 0 Å². The van der Waals surface area contributed by atoms with Gasteiger partial charge in [0.1, 0.15) is 17.8 Å². The molecular formula is C14H18O3. The molecule has 0 radical (unpaired) electrons. The van der Waals surface area contributed by atoms with Gasteiger partial charge in [-0.3, -0.25) is 0 Å². The van der Waals surface area contributed by atoms with Gasteiger partial charge < -0.3 is 14.3 Å². The summed E-state index contributed by atoms with van der Waals surface area (Å²) in [5.41, 5.74) is 0. The fraction of sp³-hybridized carbons (Fsp3) is 0.357. The monoisotopic (exact) mass is 234 g/mol. The maximum atomic E-state index is 10.5. The third-order valence-electron chi connectivity index (χ3n) is 2.39. The Morgan fingerprint density at radius 2 is 1.88 bits per heavy atom. The highest BCUT2D eigenvalue weighted by atomic mass is 16.5. The Hall–Kier alpha value is -1.77. The summed E-state index contributed by atoms with van der Waals surface area (Å²) in [5, 5.41) is 0. The summed E-state index contributed by atoms with van der Waals surface area (Å²) in [6.45, 7) is 2.45. The molecule has 0 heterocycles. The first-order valence-corrected chi connectivity index (χ1v) is 5.63. The van der Waals surface area contributed by atoms with Crippen LogP contribution >= 0.6 is 0 Å². The van der Waals surface area contributed by atoms with E-state index in [1.165, 1.54) is 0 Å². The molecule has 0 saturated carbocycles. The molecule has 1 rings (SSSR count). The summed E-state index contributed by atoms with van der Waals surface area (Å²) in [4.78, 5) is 10.5. The number of hydrogen-bond acceptors (Lipinski definition) is 3. The molecule has 3 nitrogen and oxygen atoms in total. The van der Waals surface area contributed by atoms with E-state index >= 15 is 0 Å². The standard InChI is InChI=1S/C14H18O3/c1-3-4-12(9-10-15)11-17-14-7-5-13(16-2)6-8-14/h3-8,10,12H,9,11H2,1-2H3/b4-3+/t12-/m1/s1. The van der Waals surface area contributed by atoms with Gasteiger partial charge in [0, 0.05) is 12.3 Å². The normalized spacial score (nSPS) is 12.4. The number of hydrogen-bond donors (Lipinski definition) is 0. The molecule has 0 aliphatic rings. The molecule has 0 spiro atoms. The van der Waals surface area contributed by atoms with E-state index in [2.05, 4.69) is 0 Å². The van der Waals surface area contributed by atoms with Crippen LogP contribution in [0.5, 0.6) is 11.5 Å². The smallest absolute Gasteiger partial charge is 0.120 e. The Morgan fingerprint density at radius 3 is 2.41 bits per heavy atom. The molecule has 0 aromatic heterocycles. The summed E-state index contributed by atoms with van der Waals surface area (Å²) in [6.07, 6.45) is 5.33. The van der Waals surface area contributed by atoms with Crippen molar-refractivity contribution in [3.63, 3.8) is 0 Å². The number of aldehydes is 1. The SMILES string of the molecule is C/C=C/[C@H](CC=O)COc1ccc(OC)cc1. The Morgan fingerprint density at radius 1 is 1.24 bits per heavy atom. The van der Waals surface area contributed by atoms with Crippen molar-refractivity contribution in [1.82, 2.24) is 0 Å².